The molecule has 3 aromatic carbocycles. The maximum absolute atomic E-state index is 12.6. The molecule has 0 atom stereocenters. The van der Waals surface area contributed by atoms with Crippen LogP contribution in [-0.4, -0.2) is 13.0 Å². The summed E-state index contributed by atoms with van der Waals surface area (Å²) in [6.45, 7) is 1.87. The number of amides is 1. The van der Waals surface area contributed by atoms with Crippen molar-refractivity contribution in [2.24, 2.45) is 0 Å². The van der Waals surface area contributed by atoms with Gasteiger partial charge < -0.3 is 10.1 Å². The number of benzene rings is 3. The maximum atomic E-state index is 12.6. The van der Waals surface area contributed by atoms with E-state index in [4.69, 9.17) is 16.3 Å². The van der Waals surface area contributed by atoms with Crippen LogP contribution in [0.5, 0.6) is 5.75 Å². The minimum Gasteiger partial charge on any atom is -0.496 e. The van der Waals surface area contributed by atoms with E-state index in [0.29, 0.717) is 28.4 Å². The summed E-state index contributed by atoms with van der Waals surface area (Å²) in [6.07, 6.45) is 2.18. The minimum atomic E-state index is -0.514. The second-order valence-corrected chi connectivity index (χ2v) is 9.16. The number of halogens is 3. The van der Waals surface area contributed by atoms with E-state index in [1.807, 2.05) is 49.4 Å². The van der Waals surface area contributed by atoms with Gasteiger partial charge >= 0.3 is 0 Å². The maximum Gasteiger partial charge on any atom is 0.266 e. The number of carbonyl (C=O) groups excluding carboxylic acids is 1. The summed E-state index contributed by atoms with van der Waals surface area (Å²) in [4.78, 5) is 12.6. The van der Waals surface area contributed by atoms with Gasteiger partial charge in [0, 0.05) is 31.6 Å². The first-order chi connectivity index (χ1) is 15.3. The predicted octanol–water partition coefficient (Wildman–Crippen LogP) is 7.32. The van der Waals surface area contributed by atoms with Gasteiger partial charge in [-0.2, -0.15) is 5.26 Å². The molecule has 0 bridgehead atoms. The highest BCUT2D eigenvalue weighted by atomic mass is 79.9. The van der Waals surface area contributed by atoms with Crippen molar-refractivity contribution in [2.75, 3.05) is 12.4 Å². The van der Waals surface area contributed by atoms with Gasteiger partial charge in [0.2, 0.25) is 0 Å². The van der Waals surface area contributed by atoms with Gasteiger partial charge in [-0.15, -0.1) is 0 Å². The molecule has 0 aromatic heterocycles. The summed E-state index contributed by atoms with van der Waals surface area (Å²) in [5.74, 6) is 0.143. The summed E-state index contributed by atoms with van der Waals surface area (Å²) in [5, 5.41) is 12.8. The SMILES string of the molecule is COc1cc(/C=C(\C#N)C(=O)Nc2ccc(C)c(Cl)c2)cc(Br)c1Cc1ccccc1Br. The highest BCUT2D eigenvalue weighted by molar-refractivity contribution is 9.10. The molecule has 1 N–H and O–H groups in total. The fraction of sp³-hybridized carbons (Fsp3) is 0.120. The third-order valence-corrected chi connectivity index (χ3v) is 6.72. The summed E-state index contributed by atoms with van der Waals surface area (Å²) >= 11 is 13.3. The Balaban J connectivity index is 1.89. The first-order valence-electron chi connectivity index (χ1n) is 9.61. The highest BCUT2D eigenvalue weighted by Crippen LogP contribution is 2.33. The van der Waals surface area contributed by atoms with Crippen LogP contribution in [0.3, 0.4) is 0 Å². The van der Waals surface area contributed by atoms with Crippen molar-refractivity contribution in [3.63, 3.8) is 0 Å². The highest BCUT2D eigenvalue weighted by Gasteiger charge is 2.15. The molecule has 0 saturated carbocycles. The number of methoxy groups -OCH3 is 1. The van der Waals surface area contributed by atoms with Crippen LogP contribution < -0.4 is 10.1 Å². The third kappa shape index (κ3) is 5.80. The number of anilines is 1. The standard InChI is InChI=1S/C25H19Br2ClN2O2/c1-15-7-8-19(13-23(15)28)30-25(31)18(14-29)9-16-10-22(27)20(24(11-16)32-2)12-17-5-3-4-6-21(17)26/h3-11,13H,12H2,1-2H3,(H,30,31)/b18-9+. The van der Waals surface area contributed by atoms with E-state index in [9.17, 15) is 10.1 Å². The molecule has 0 unspecified atom stereocenters. The molecule has 0 spiro atoms. The van der Waals surface area contributed by atoms with Crippen LogP contribution in [0, 0.1) is 18.3 Å². The van der Waals surface area contributed by atoms with Crippen LogP contribution >= 0.6 is 43.5 Å². The number of nitriles is 1. The predicted molar refractivity (Wildman–Crippen MR) is 136 cm³/mol. The van der Waals surface area contributed by atoms with Crippen molar-refractivity contribution in [1.82, 2.24) is 0 Å². The van der Waals surface area contributed by atoms with Crippen LogP contribution in [0.25, 0.3) is 6.08 Å². The van der Waals surface area contributed by atoms with Gasteiger partial charge in [-0.05, 0) is 60.0 Å². The number of ether oxygens (including phenoxy) is 1. The quantitative estimate of drug-likeness (QED) is 0.248. The molecule has 0 fully saturated rings. The molecule has 162 valence electrons. The second kappa shape index (κ2) is 10.8. The number of hydrogen-bond donors (Lipinski definition) is 1. The molecule has 7 heteroatoms. The normalized spacial score (nSPS) is 11.1. The first kappa shape index (κ1) is 24.1. The van der Waals surface area contributed by atoms with Crippen LogP contribution in [0.2, 0.25) is 5.02 Å². The van der Waals surface area contributed by atoms with Crippen molar-refractivity contribution in [1.29, 1.82) is 5.26 Å². The van der Waals surface area contributed by atoms with E-state index in [-0.39, 0.29) is 5.57 Å². The average molecular weight is 575 g/mol. The molecule has 0 heterocycles. The van der Waals surface area contributed by atoms with Gasteiger partial charge in [0.1, 0.15) is 17.4 Å². The molecule has 1 amide bonds. The monoisotopic (exact) mass is 572 g/mol. The van der Waals surface area contributed by atoms with Crippen LogP contribution in [0.4, 0.5) is 5.69 Å². The second-order valence-electron chi connectivity index (χ2n) is 7.04. The Labute approximate surface area is 209 Å². The zero-order valence-electron chi connectivity index (χ0n) is 17.4. The lowest BCUT2D eigenvalue weighted by molar-refractivity contribution is -0.112. The number of rotatable bonds is 6. The van der Waals surface area contributed by atoms with Gasteiger partial charge in [0.25, 0.3) is 5.91 Å². The van der Waals surface area contributed by atoms with E-state index in [0.717, 1.165) is 25.6 Å². The first-order valence-corrected chi connectivity index (χ1v) is 11.6. The van der Waals surface area contributed by atoms with Crippen molar-refractivity contribution in [3.8, 4) is 11.8 Å². The fourth-order valence-corrected chi connectivity index (χ4v) is 4.29. The Morgan fingerprint density at radius 3 is 2.56 bits per heavy atom. The van der Waals surface area contributed by atoms with Crippen molar-refractivity contribution in [3.05, 3.63) is 96.4 Å². The van der Waals surface area contributed by atoms with Gasteiger partial charge in [0.05, 0.1) is 7.11 Å². The average Bonchev–Trinajstić information content (AvgIpc) is 2.77. The Hall–Kier alpha value is -2.59. The lowest BCUT2D eigenvalue weighted by Gasteiger charge is -2.13. The van der Waals surface area contributed by atoms with E-state index in [1.165, 1.54) is 6.08 Å². The summed E-state index contributed by atoms with van der Waals surface area (Å²) in [6, 6.07) is 18.8. The smallest absolute Gasteiger partial charge is 0.266 e. The number of aryl methyl sites for hydroxylation is 1. The van der Waals surface area contributed by atoms with Gasteiger partial charge in [-0.1, -0.05) is 67.7 Å². The molecule has 32 heavy (non-hydrogen) atoms. The van der Waals surface area contributed by atoms with Crippen LogP contribution in [0.15, 0.2) is 69.1 Å². The number of nitrogens with one attached hydrogen (secondary N) is 1. The molecular formula is C25H19Br2ClN2O2. The molecule has 0 aliphatic carbocycles. The largest absolute Gasteiger partial charge is 0.496 e. The molecule has 3 aromatic rings. The van der Waals surface area contributed by atoms with Crippen LogP contribution in [-0.2, 0) is 11.2 Å². The number of hydrogen-bond acceptors (Lipinski definition) is 3. The molecule has 3 rings (SSSR count). The van der Waals surface area contributed by atoms with Crippen molar-refractivity contribution in [2.45, 2.75) is 13.3 Å². The van der Waals surface area contributed by atoms with E-state index in [2.05, 4.69) is 37.2 Å². The van der Waals surface area contributed by atoms with Gasteiger partial charge in [0.15, 0.2) is 0 Å². The molecule has 0 aliphatic rings. The number of carbonyl (C=O) groups is 1. The van der Waals surface area contributed by atoms with E-state index < -0.39 is 5.91 Å². The lowest BCUT2D eigenvalue weighted by atomic mass is 10.0. The summed E-state index contributed by atoms with van der Waals surface area (Å²) < 4.78 is 7.43. The topological polar surface area (TPSA) is 62.1 Å². The fourth-order valence-electron chi connectivity index (χ4n) is 3.08. The van der Waals surface area contributed by atoms with Crippen LogP contribution in [0.1, 0.15) is 22.3 Å². The Bertz CT molecular complexity index is 1250. The third-order valence-electron chi connectivity index (χ3n) is 4.83. The number of nitrogens with zero attached hydrogens (tertiary/aromatic N) is 1. The summed E-state index contributed by atoms with van der Waals surface area (Å²) in [5.41, 5.74) is 4.14. The summed E-state index contributed by atoms with van der Waals surface area (Å²) in [7, 11) is 1.60. The van der Waals surface area contributed by atoms with E-state index >= 15 is 0 Å². The van der Waals surface area contributed by atoms with Crippen molar-refractivity contribution >= 4 is 61.1 Å². The molecular weight excluding hydrogens is 556 g/mol. The van der Waals surface area contributed by atoms with Gasteiger partial charge in [-0.25, -0.2) is 0 Å². The molecule has 0 radical (unpaired) electrons. The molecule has 4 nitrogen and oxygen atoms in total. The zero-order valence-corrected chi connectivity index (χ0v) is 21.3. The van der Waals surface area contributed by atoms with E-state index in [1.54, 1.807) is 25.3 Å². The Morgan fingerprint density at radius 2 is 1.91 bits per heavy atom. The lowest BCUT2D eigenvalue weighted by Crippen LogP contribution is -2.13. The molecule has 0 saturated heterocycles. The zero-order chi connectivity index (χ0) is 23.3. The van der Waals surface area contributed by atoms with Crippen molar-refractivity contribution < 1.29 is 9.53 Å². The Morgan fingerprint density at radius 1 is 1.16 bits per heavy atom. The minimum absolute atomic E-state index is 0.0331. The molecule has 0 aliphatic heterocycles. The Kier molecular flexibility index (Phi) is 8.14. The van der Waals surface area contributed by atoms with Gasteiger partial charge in [-0.3, -0.25) is 4.79 Å².